The maximum atomic E-state index is 12.1. The van der Waals surface area contributed by atoms with Gasteiger partial charge in [-0.2, -0.15) is 0 Å². The average Bonchev–Trinajstić information content (AvgIpc) is 2.90. The van der Waals surface area contributed by atoms with Crippen molar-refractivity contribution in [1.29, 1.82) is 0 Å². The summed E-state index contributed by atoms with van der Waals surface area (Å²) in [5.41, 5.74) is 0.845. The van der Waals surface area contributed by atoms with Gasteiger partial charge in [0.1, 0.15) is 0 Å². The number of carbonyl (C=O) groups excluding carboxylic acids is 1. The fourth-order valence-corrected chi connectivity index (χ4v) is 2.63. The monoisotopic (exact) mass is 260 g/mol. The van der Waals surface area contributed by atoms with Crippen molar-refractivity contribution in [3.63, 3.8) is 0 Å². The predicted octanol–water partition coefficient (Wildman–Crippen LogP) is 2.43. The van der Waals surface area contributed by atoms with E-state index in [9.17, 15) is 4.79 Å². The molecule has 0 aliphatic carbocycles. The van der Waals surface area contributed by atoms with E-state index >= 15 is 0 Å². The molecule has 0 aromatic heterocycles. The van der Waals surface area contributed by atoms with Gasteiger partial charge in [-0.05, 0) is 51.3 Å². The van der Waals surface area contributed by atoms with Gasteiger partial charge in [0.25, 0.3) is 0 Å². The summed E-state index contributed by atoms with van der Waals surface area (Å²) in [6, 6.07) is 10.1. The summed E-state index contributed by atoms with van der Waals surface area (Å²) in [5.74, 6) is 0.825. The number of benzene rings is 1. The molecule has 104 valence electrons. The van der Waals surface area contributed by atoms with Gasteiger partial charge < -0.3 is 10.6 Å². The normalized spacial score (nSPS) is 19.4. The number of rotatable bonds is 5. The zero-order chi connectivity index (χ0) is 13.7. The number of hydrogen-bond acceptors (Lipinski definition) is 2. The molecule has 1 fully saturated rings. The Kier molecular flexibility index (Phi) is 4.59. The van der Waals surface area contributed by atoms with Gasteiger partial charge in [-0.3, -0.25) is 4.79 Å². The predicted molar refractivity (Wildman–Crippen MR) is 77.8 cm³/mol. The molecule has 0 radical (unpaired) electrons. The Morgan fingerprint density at radius 1 is 1.37 bits per heavy atom. The van der Waals surface area contributed by atoms with Gasteiger partial charge in [0, 0.05) is 6.42 Å². The minimum atomic E-state index is -0.299. The van der Waals surface area contributed by atoms with Gasteiger partial charge in [0.2, 0.25) is 5.91 Å². The Morgan fingerprint density at radius 2 is 2.11 bits per heavy atom. The number of nitrogens with one attached hydrogen (secondary N) is 2. The highest BCUT2D eigenvalue weighted by atomic mass is 16.1. The van der Waals surface area contributed by atoms with Gasteiger partial charge in [0.15, 0.2) is 0 Å². The lowest BCUT2D eigenvalue weighted by Gasteiger charge is -2.27. The van der Waals surface area contributed by atoms with Crippen LogP contribution in [0.25, 0.3) is 0 Å². The number of carbonyl (C=O) groups is 1. The molecule has 1 aliphatic rings. The first-order valence-corrected chi connectivity index (χ1v) is 7.15. The topological polar surface area (TPSA) is 41.1 Å². The van der Waals surface area contributed by atoms with Crippen molar-refractivity contribution in [2.45, 2.75) is 38.6 Å². The van der Waals surface area contributed by atoms with Crippen LogP contribution in [0.3, 0.4) is 0 Å². The van der Waals surface area contributed by atoms with Crippen LogP contribution in [0.2, 0.25) is 0 Å². The van der Waals surface area contributed by atoms with Crippen LogP contribution in [0, 0.1) is 5.92 Å². The molecule has 0 bridgehead atoms. The van der Waals surface area contributed by atoms with Gasteiger partial charge in [-0.1, -0.05) is 30.3 Å². The first-order chi connectivity index (χ1) is 9.08. The largest absolute Gasteiger partial charge is 0.347 e. The minimum Gasteiger partial charge on any atom is -0.347 e. The standard InChI is InChI=1S/C16H24N2O/c1-16(2,14-6-4-3-5-7-14)18-15(19)9-8-13-10-11-17-12-13/h3-7,13,17H,8-12H2,1-2H3,(H,18,19). The second-order valence-corrected chi connectivity index (χ2v) is 5.94. The van der Waals surface area contributed by atoms with Crippen molar-refractivity contribution in [3.05, 3.63) is 35.9 Å². The van der Waals surface area contributed by atoms with Gasteiger partial charge in [-0.25, -0.2) is 0 Å². The van der Waals surface area contributed by atoms with E-state index in [1.54, 1.807) is 0 Å². The molecular weight excluding hydrogens is 236 g/mol. The average molecular weight is 260 g/mol. The summed E-state index contributed by atoms with van der Waals surface area (Å²) < 4.78 is 0. The zero-order valence-corrected chi connectivity index (χ0v) is 11.9. The maximum absolute atomic E-state index is 12.1. The van der Waals surface area contributed by atoms with Crippen LogP contribution in [0.15, 0.2) is 30.3 Å². The number of hydrogen-bond donors (Lipinski definition) is 2. The quantitative estimate of drug-likeness (QED) is 0.853. The molecule has 1 atom stereocenters. The first-order valence-electron chi connectivity index (χ1n) is 7.15. The lowest BCUT2D eigenvalue weighted by Crippen LogP contribution is -2.41. The van der Waals surface area contributed by atoms with Crippen molar-refractivity contribution in [3.8, 4) is 0 Å². The summed E-state index contributed by atoms with van der Waals surface area (Å²) in [5, 5.41) is 6.48. The minimum absolute atomic E-state index is 0.153. The highest BCUT2D eigenvalue weighted by Gasteiger charge is 2.23. The Balaban J connectivity index is 1.83. The summed E-state index contributed by atoms with van der Waals surface area (Å²) in [6.45, 7) is 6.27. The summed E-state index contributed by atoms with van der Waals surface area (Å²) in [6.07, 6.45) is 2.82. The molecule has 0 saturated carbocycles. The highest BCUT2D eigenvalue weighted by molar-refractivity contribution is 5.76. The van der Waals surface area contributed by atoms with Crippen molar-refractivity contribution < 1.29 is 4.79 Å². The van der Waals surface area contributed by atoms with Crippen LogP contribution in [-0.4, -0.2) is 19.0 Å². The summed E-state index contributed by atoms with van der Waals surface area (Å²) >= 11 is 0. The molecular formula is C16H24N2O. The van der Waals surface area contributed by atoms with Gasteiger partial charge in [0.05, 0.1) is 5.54 Å². The van der Waals surface area contributed by atoms with Crippen molar-refractivity contribution in [2.24, 2.45) is 5.92 Å². The van der Waals surface area contributed by atoms with Crippen LogP contribution in [0.1, 0.15) is 38.7 Å². The van der Waals surface area contributed by atoms with E-state index in [0.29, 0.717) is 12.3 Å². The van der Waals surface area contributed by atoms with Crippen LogP contribution in [0.5, 0.6) is 0 Å². The fourth-order valence-electron chi connectivity index (χ4n) is 2.63. The molecule has 2 rings (SSSR count). The van der Waals surface area contributed by atoms with Crippen LogP contribution in [0.4, 0.5) is 0 Å². The summed E-state index contributed by atoms with van der Waals surface area (Å²) in [7, 11) is 0. The molecule has 1 aromatic rings. The number of amides is 1. The third-order valence-corrected chi connectivity index (χ3v) is 3.89. The van der Waals surface area contributed by atoms with E-state index in [1.807, 2.05) is 18.2 Å². The molecule has 2 N–H and O–H groups in total. The molecule has 1 unspecified atom stereocenters. The molecule has 1 saturated heterocycles. The SMILES string of the molecule is CC(C)(NC(=O)CCC1CCNC1)c1ccccc1. The maximum Gasteiger partial charge on any atom is 0.220 e. The van der Waals surface area contributed by atoms with Crippen molar-refractivity contribution in [2.75, 3.05) is 13.1 Å². The molecule has 3 nitrogen and oxygen atoms in total. The molecule has 1 heterocycles. The molecule has 3 heteroatoms. The first kappa shape index (κ1) is 14.1. The van der Waals surface area contributed by atoms with Crippen LogP contribution in [-0.2, 0) is 10.3 Å². The third kappa shape index (κ3) is 4.06. The highest BCUT2D eigenvalue weighted by Crippen LogP contribution is 2.20. The molecule has 1 amide bonds. The van der Waals surface area contributed by atoms with Gasteiger partial charge in [-0.15, -0.1) is 0 Å². The fraction of sp³-hybridized carbons (Fsp3) is 0.562. The lowest BCUT2D eigenvalue weighted by atomic mass is 9.93. The van der Waals surface area contributed by atoms with E-state index in [2.05, 4.69) is 36.6 Å². The van der Waals surface area contributed by atoms with E-state index in [0.717, 1.165) is 25.1 Å². The van der Waals surface area contributed by atoms with Crippen LogP contribution >= 0.6 is 0 Å². The third-order valence-electron chi connectivity index (χ3n) is 3.89. The summed E-state index contributed by atoms with van der Waals surface area (Å²) in [4.78, 5) is 12.1. The van der Waals surface area contributed by atoms with Crippen molar-refractivity contribution in [1.82, 2.24) is 10.6 Å². The van der Waals surface area contributed by atoms with E-state index in [4.69, 9.17) is 0 Å². The Hall–Kier alpha value is -1.35. The van der Waals surface area contributed by atoms with Crippen LogP contribution < -0.4 is 10.6 Å². The smallest absolute Gasteiger partial charge is 0.220 e. The second kappa shape index (κ2) is 6.20. The van der Waals surface area contributed by atoms with Gasteiger partial charge >= 0.3 is 0 Å². The molecule has 1 aromatic carbocycles. The zero-order valence-electron chi connectivity index (χ0n) is 11.9. The molecule has 1 aliphatic heterocycles. The van der Waals surface area contributed by atoms with Crippen molar-refractivity contribution >= 4 is 5.91 Å². The van der Waals surface area contributed by atoms with E-state index in [1.165, 1.54) is 6.42 Å². The van der Waals surface area contributed by atoms with E-state index < -0.39 is 0 Å². The second-order valence-electron chi connectivity index (χ2n) is 5.94. The Labute approximate surface area is 115 Å². The lowest BCUT2D eigenvalue weighted by molar-refractivity contribution is -0.123. The van der Waals surface area contributed by atoms with E-state index in [-0.39, 0.29) is 11.4 Å². The Bertz CT molecular complexity index is 408. The Morgan fingerprint density at radius 3 is 2.74 bits per heavy atom. The molecule has 0 spiro atoms. The molecule has 19 heavy (non-hydrogen) atoms.